The lowest BCUT2D eigenvalue weighted by molar-refractivity contribution is 0.0534. The number of hydrogen-bond donors (Lipinski definition) is 0. The van der Waals surface area contributed by atoms with Crippen molar-refractivity contribution in [3.05, 3.63) is 34.9 Å². The number of carbonyl (C=O) groups excluding carboxylic acids is 2. The maximum absolute atomic E-state index is 11.0. The predicted molar refractivity (Wildman–Crippen MR) is 40.9 cm³/mol. The molecule has 1 aliphatic heterocycles. The van der Waals surface area contributed by atoms with Crippen LogP contribution < -0.4 is 0 Å². The van der Waals surface area contributed by atoms with E-state index in [-0.39, 0.29) is 12.6 Å². The zero-order valence-electron chi connectivity index (χ0n) is 6.24. The molecule has 1 heterocycles. The second-order valence-electron chi connectivity index (χ2n) is 2.57. The van der Waals surface area contributed by atoms with E-state index in [1.165, 1.54) is 0 Å². The van der Waals surface area contributed by atoms with Crippen LogP contribution >= 0.6 is 0 Å². The van der Waals surface area contributed by atoms with Crippen molar-refractivity contribution in [2.24, 2.45) is 0 Å². The van der Waals surface area contributed by atoms with Gasteiger partial charge in [-0.25, -0.2) is 4.79 Å². The summed E-state index contributed by atoms with van der Waals surface area (Å²) in [6, 6.07) is 5.01. The number of benzene rings is 1. The Balaban J connectivity index is 2.65. The van der Waals surface area contributed by atoms with Gasteiger partial charge >= 0.3 is 5.97 Å². The van der Waals surface area contributed by atoms with Gasteiger partial charge < -0.3 is 4.74 Å². The van der Waals surface area contributed by atoms with Crippen molar-refractivity contribution in [3.8, 4) is 0 Å². The van der Waals surface area contributed by atoms with E-state index < -0.39 is 0 Å². The van der Waals surface area contributed by atoms with Crippen molar-refractivity contribution in [2.45, 2.75) is 6.61 Å². The SMILES string of the molecule is O=Cc1cccc2c1COC2=O. The Kier molecular flexibility index (Phi) is 1.43. The van der Waals surface area contributed by atoms with E-state index in [1.807, 2.05) is 0 Å². The van der Waals surface area contributed by atoms with Crippen LogP contribution in [0.15, 0.2) is 18.2 Å². The largest absolute Gasteiger partial charge is 0.457 e. The summed E-state index contributed by atoms with van der Waals surface area (Å²) in [4.78, 5) is 21.5. The van der Waals surface area contributed by atoms with E-state index >= 15 is 0 Å². The highest BCUT2D eigenvalue weighted by molar-refractivity contribution is 5.96. The zero-order chi connectivity index (χ0) is 8.55. The molecule has 3 nitrogen and oxygen atoms in total. The van der Waals surface area contributed by atoms with Crippen molar-refractivity contribution >= 4 is 12.3 Å². The first-order valence-electron chi connectivity index (χ1n) is 3.57. The number of carbonyl (C=O) groups is 2. The molecule has 0 radical (unpaired) electrons. The van der Waals surface area contributed by atoms with Gasteiger partial charge in [0.15, 0.2) is 0 Å². The van der Waals surface area contributed by atoms with Gasteiger partial charge in [-0.15, -0.1) is 0 Å². The Morgan fingerprint density at radius 3 is 3.00 bits per heavy atom. The van der Waals surface area contributed by atoms with Gasteiger partial charge in [-0.2, -0.15) is 0 Å². The Labute approximate surface area is 69.0 Å². The average molecular weight is 162 g/mol. The topological polar surface area (TPSA) is 43.4 Å². The number of hydrogen-bond acceptors (Lipinski definition) is 3. The Morgan fingerprint density at radius 2 is 2.25 bits per heavy atom. The normalized spacial score (nSPS) is 13.8. The molecule has 0 bridgehead atoms. The van der Waals surface area contributed by atoms with Crippen LogP contribution in [0.25, 0.3) is 0 Å². The van der Waals surface area contributed by atoms with Crippen LogP contribution in [0, 0.1) is 0 Å². The van der Waals surface area contributed by atoms with Gasteiger partial charge in [0.25, 0.3) is 0 Å². The van der Waals surface area contributed by atoms with Crippen LogP contribution in [0.1, 0.15) is 26.3 Å². The van der Waals surface area contributed by atoms with E-state index in [1.54, 1.807) is 18.2 Å². The highest BCUT2D eigenvalue weighted by Crippen LogP contribution is 2.21. The maximum Gasteiger partial charge on any atom is 0.338 e. The van der Waals surface area contributed by atoms with Crippen LogP contribution in [0.5, 0.6) is 0 Å². The molecule has 1 aliphatic rings. The van der Waals surface area contributed by atoms with Crippen LogP contribution in [-0.2, 0) is 11.3 Å². The molecule has 0 saturated heterocycles. The lowest BCUT2D eigenvalue weighted by Crippen LogP contribution is -1.94. The van der Waals surface area contributed by atoms with Crippen molar-refractivity contribution in [3.63, 3.8) is 0 Å². The first kappa shape index (κ1) is 7.03. The van der Waals surface area contributed by atoms with Gasteiger partial charge in [-0.1, -0.05) is 12.1 Å². The molecule has 0 spiro atoms. The summed E-state index contributed by atoms with van der Waals surface area (Å²) >= 11 is 0. The highest BCUT2D eigenvalue weighted by Gasteiger charge is 2.22. The van der Waals surface area contributed by atoms with Crippen LogP contribution in [0.4, 0.5) is 0 Å². The van der Waals surface area contributed by atoms with Crippen LogP contribution in [0.3, 0.4) is 0 Å². The minimum atomic E-state index is -0.339. The first-order valence-corrected chi connectivity index (χ1v) is 3.57. The molecule has 0 aromatic heterocycles. The standard InChI is InChI=1S/C9H6O3/c10-4-6-2-1-3-7-8(6)5-12-9(7)11/h1-4H,5H2. The molecule has 12 heavy (non-hydrogen) atoms. The van der Waals surface area contributed by atoms with Crippen molar-refractivity contribution in [2.75, 3.05) is 0 Å². The zero-order valence-corrected chi connectivity index (χ0v) is 6.24. The molecule has 0 atom stereocenters. The fourth-order valence-electron chi connectivity index (χ4n) is 1.28. The lowest BCUT2D eigenvalue weighted by Gasteiger charge is -1.95. The smallest absolute Gasteiger partial charge is 0.338 e. The molecular weight excluding hydrogens is 156 g/mol. The average Bonchev–Trinajstić information content (AvgIpc) is 2.48. The van der Waals surface area contributed by atoms with Crippen molar-refractivity contribution < 1.29 is 14.3 Å². The van der Waals surface area contributed by atoms with Gasteiger partial charge in [-0.3, -0.25) is 4.79 Å². The summed E-state index contributed by atoms with van der Waals surface area (Å²) < 4.78 is 4.77. The highest BCUT2D eigenvalue weighted by atomic mass is 16.5. The van der Waals surface area contributed by atoms with E-state index in [4.69, 9.17) is 4.74 Å². The first-order chi connectivity index (χ1) is 5.83. The summed E-state index contributed by atoms with van der Waals surface area (Å²) in [5.41, 5.74) is 1.76. The molecular formula is C9H6O3. The summed E-state index contributed by atoms with van der Waals surface area (Å²) in [7, 11) is 0. The lowest BCUT2D eigenvalue weighted by atomic mass is 10.0. The second-order valence-corrected chi connectivity index (χ2v) is 2.57. The Hall–Kier alpha value is -1.64. The molecule has 2 rings (SSSR count). The fraction of sp³-hybridized carbons (Fsp3) is 0.111. The quantitative estimate of drug-likeness (QED) is 0.460. The number of ether oxygens (including phenoxy) is 1. The third-order valence-corrected chi connectivity index (χ3v) is 1.91. The number of cyclic esters (lactones) is 1. The third-order valence-electron chi connectivity index (χ3n) is 1.91. The van der Waals surface area contributed by atoms with Gasteiger partial charge in [0.1, 0.15) is 12.9 Å². The monoisotopic (exact) mass is 162 g/mol. The summed E-state index contributed by atoms with van der Waals surface area (Å²) in [5.74, 6) is -0.339. The number of esters is 1. The number of rotatable bonds is 1. The van der Waals surface area contributed by atoms with E-state index in [2.05, 4.69) is 0 Å². The minimum Gasteiger partial charge on any atom is -0.457 e. The maximum atomic E-state index is 11.0. The van der Waals surface area contributed by atoms with Crippen molar-refractivity contribution in [1.82, 2.24) is 0 Å². The molecule has 0 fully saturated rings. The molecule has 1 aromatic rings. The molecule has 0 amide bonds. The summed E-state index contributed by atoms with van der Waals surface area (Å²) in [6.45, 7) is 0.225. The number of aldehydes is 1. The molecule has 0 aliphatic carbocycles. The van der Waals surface area contributed by atoms with Gasteiger partial charge in [-0.05, 0) is 6.07 Å². The summed E-state index contributed by atoms with van der Waals surface area (Å²) in [6.07, 6.45) is 0.737. The Bertz CT molecular complexity index is 355. The number of fused-ring (bicyclic) bond motifs is 1. The molecule has 0 unspecified atom stereocenters. The Morgan fingerprint density at radius 1 is 1.42 bits per heavy atom. The minimum absolute atomic E-state index is 0.225. The van der Waals surface area contributed by atoms with Crippen molar-refractivity contribution in [1.29, 1.82) is 0 Å². The van der Waals surface area contributed by atoms with Gasteiger partial charge in [0, 0.05) is 11.1 Å². The molecule has 1 aromatic carbocycles. The molecule has 60 valence electrons. The van der Waals surface area contributed by atoms with E-state index in [9.17, 15) is 9.59 Å². The van der Waals surface area contributed by atoms with Gasteiger partial charge in [0.05, 0.1) is 5.56 Å². The molecule has 3 heteroatoms. The van der Waals surface area contributed by atoms with Crippen LogP contribution in [-0.4, -0.2) is 12.3 Å². The molecule has 0 N–H and O–H groups in total. The summed E-state index contributed by atoms with van der Waals surface area (Å²) in [5, 5.41) is 0. The van der Waals surface area contributed by atoms with Gasteiger partial charge in [0.2, 0.25) is 0 Å². The van der Waals surface area contributed by atoms with E-state index in [0.29, 0.717) is 16.7 Å². The second kappa shape index (κ2) is 2.44. The predicted octanol–water partition coefficient (Wildman–Crippen LogP) is 1.17. The van der Waals surface area contributed by atoms with E-state index in [0.717, 1.165) is 6.29 Å². The molecule has 0 saturated carbocycles. The fourth-order valence-corrected chi connectivity index (χ4v) is 1.28. The van der Waals surface area contributed by atoms with Crippen LogP contribution in [0.2, 0.25) is 0 Å². The third kappa shape index (κ3) is 0.830.